The number of nitriles is 1. The van der Waals surface area contributed by atoms with Gasteiger partial charge in [0.05, 0.1) is 7.11 Å². The molecular formula is C25H24N4O3. The lowest BCUT2D eigenvalue weighted by molar-refractivity contribution is 0.0745. The van der Waals surface area contributed by atoms with E-state index >= 15 is 0 Å². The summed E-state index contributed by atoms with van der Waals surface area (Å²) in [4.78, 5) is 20.9. The summed E-state index contributed by atoms with van der Waals surface area (Å²) in [6.07, 6.45) is 3.67. The smallest absolute Gasteiger partial charge is 0.254 e. The molecule has 0 bridgehead atoms. The Hall–Kier alpha value is -4.05. The van der Waals surface area contributed by atoms with Gasteiger partial charge >= 0.3 is 0 Å². The van der Waals surface area contributed by atoms with Crippen molar-refractivity contribution in [3.05, 3.63) is 76.8 Å². The van der Waals surface area contributed by atoms with Crippen molar-refractivity contribution in [2.45, 2.75) is 6.92 Å². The maximum absolute atomic E-state index is 12.8. The summed E-state index contributed by atoms with van der Waals surface area (Å²) in [5.41, 5.74) is 3.06. The molecular weight excluding hydrogens is 404 g/mol. The number of rotatable bonds is 5. The van der Waals surface area contributed by atoms with Crippen LogP contribution < -0.4 is 9.64 Å². The van der Waals surface area contributed by atoms with E-state index in [0.717, 1.165) is 5.56 Å². The second kappa shape index (κ2) is 9.40. The summed E-state index contributed by atoms with van der Waals surface area (Å²) in [5, 5.41) is 9.52. The molecule has 32 heavy (non-hydrogen) atoms. The van der Waals surface area contributed by atoms with Crippen molar-refractivity contribution >= 4 is 23.9 Å². The normalized spacial score (nSPS) is 13.9. The number of carbonyl (C=O) groups excluding carboxylic acids is 1. The molecule has 1 aliphatic rings. The van der Waals surface area contributed by atoms with Gasteiger partial charge in [-0.2, -0.15) is 10.2 Å². The molecule has 4 rings (SSSR count). The zero-order chi connectivity index (χ0) is 22.5. The second-order valence-electron chi connectivity index (χ2n) is 7.57. The molecule has 0 atom stereocenters. The number of piperazine rings is 1. The number of nitrogens with zero attached hydrogens (tertiary/aromatic N) is 4. The fraction of sp³-hybridized carbons (Fsp3) is 0.240. The van der Waals surface area contributed by atoms with E-state index in [-0.39, 0.29) is 11.6 Å². The third kappa shape index (κ3) is 4.65. The van der Waals surface area contributed by atoms with E-state index in [9.17, 15) is 10.1 Å². The topological polar surface area (TPSA) is 82.6 Å². The fourth-order valence-corrected chi connectivity index (χ4v) is 3.58. The zero-order valence-electron chi connectivity index (χ0n) is 18.1. The van der Waals surface area contributed by atoms with Gasteiger partial charge in [0.1, 0.15) is 11.8 Å². The van der Waals surface area contributed by atoms with E-state index < -0.39 is 0 Å². The fourth-order valence-electron chi connectivity index (χ4n) is 3.58. The van der Waals surface area contributed by atoms with Crippen LogP contribution in [0.1, 0.15) is 33.1 Å². The molecule has 1 aromatic heterocycles. The van der Waals surface area contributed by atoms with Gasteiger partial charge in [0.15, 0.2) is 0 Å². The van der Waals surface area contributed by atoms with Crippen molar-refractivity contribution in [3.63, 3.8) is 0 Å². The largest absolute Gasteiger partial charge is 0.497 e. The lowest BCUT2D eigenvalue weighted by atomic mass is 10.1. The highest BCUT2D eigenvalue weighted by Gasteiger charge is 2.26. The van der Waals surface area contributed by atoms with Crippen molar-refractivity contribution in [1.29, 1.82) is 5.26 Å². The van der Waals surface area contributed by atoms with Gasteiger partial charge in [-0.05, 0) is 36.8 Å². The first-order chi connectivity index (χ1) is 15.6. The number of hydrogen-bond acceptors (Lipinski definition) is 6. The molecule has 162 valence electrons. The second-order valence-corrected chi connectivity index (χ2v) is 7.57. The van der Waals surface area contributed by atoms with Crippen molar-refractivity contribution in [1.82, 2.24) is 9.88 Å². The monoisotopic (exact) mass is 428 g/mol. The molecule has 1 aliphatic heterocycles. The number of carbonyl (C=O) groups is 1. The summed E-state index contributed by atoms with van der Waals surface area (Å²) in [5.74, 6) is 1.45. The molecule has 0 radical (unpaired) electrons. The Morgan fingerprint density at radius 1 is 1.12 bits per heavy atom. The maximum atomic E-state index is 12.8. The molecule has 1 fully saturated rings. The number of amides is 1. The molecule has 0 N–H and O–H groups in total. The van der Waals surface area contributed by atoms with Gasteiger partial charge < -0.3 is 19.0 Å². The van der Waals surface area contributed by atoms with E-state index in [1.807, 2.05) is 54.3 Å². The maximum Gasteiger partial charge on any atom is 0.254 e. The molecule has 0 saturated carbocycles. The minimum Gasteiger partial charge on any atom is -0.497 e. The quantitative estimate of drug-likeness (QED) is 0.611. The highest BCUT2D eigenvalue weighted by Crippen LogP contribution is 2.25. The summed E-state index contributed by atoms with van der Waals surface area (Å²) in [6.45, 7) is 4.20. The Morgan fingerprint density at radius 3 is 2.56 bits per heavy atom. The molecule has 1 saturated heterocycles. The predicted molar refractivity (Wildman–Crippen MR) is 122 cm³/mol. The molecule has 3 aromatic rings. The zero-order valence-corrected chi connectivity index (χ0v) is 18.1. The van der Waals surface area contributed by atoms with Crippen molar-refractivity contribution in [3.8, 4) is 11.8 Å². The summed E-state index contributed by atoms with van der Waals surface area (Å²) >= 11 is 0. The van der Waals surface area contributed by atoms with E-state index in [0.29, 0.717) is 49.3 Å². The number of ether oxygens (including phenoxy) is 1. The molecule has 7 heteroatoms. The van der Waals surface area contributed by atoms with E-state index in [2.05, 4.69) is 11.1 Å². The number of hydrogen-bond donors (Lipinski definition) is 0. The summed E-state index contributed by atoms with van der Waals surface area (Å²) < 4.78 is 11.1. The molecule has 0 spiro atoms. The van der Waals surface area contributed by atoms with Crippen molar-refractivity contribution in [2.75, 3.05) is 38.2 Å². The molecule has 7 nitrogen and oxygen atoms in total. The Balaban J connectivity index is 1.43. The standard InChI is InChI=1S/C25H24N4O3/c1-18-6-8-19(9-7-18)10-11-23-27-22(17-26)25(32-23)29-14-12-28(13-15-29)24(30)20-4-3-5-21(16-20)31-2/h3-11,16H,12-15H2,1-2H3/b11-10+. The lowest BCUT2D eigenvalue weighted by Gasteiger charge is -2.34. The van der Waals surface area contributed by atoms with Crippen LogP contribution >= 0.6 is 0 Å². The number of benzene rings is 2. The van der Waals surface area contributed by atoms with Crippen molar-refractivity contribution in [2.24, 2.45) is 0 Å². The third-order valence-electron chi connectivity index (χ3n) is 5.40. The van der Waals surface area contributed by atoms with Crippen LogP contribution in [0.15, 0.2) is 52.9 Å². The summed E-state index contributed by atoms with van der Waals surface area (Å²) in [7, 11) is 1.58. The Bertz CT molecular complexity index is 1170. The van der Waals surface area contributed by atoms with E-state index in [4.69, 9.17) is 9.15 Å². The van der Waals surface area contributed by atoms with Crippen LogP contribution in [0, 0.1) is 18.3 Å². The third-order valence-corrected chi connectivity index (χ3v) is 5.40. The van der Waals surface area contributed by atoms with Gasteiger partial charge in [-0.25, -0.2) is 0 Å². The molecule has 2 heterocycles. The first-order valence-electron chi connectivity index (χ1n) is 10.4. The van der Waals surface area contributed by atoms with Crippen molar-refractivity contribution < 1.29 is 13.9 Å². The number of methoxy groups -OCH3 is 1. The first-order valence-corrected chi connectivity index (χ1v) is 10.4. The Labute approximate surface area is 187 Å². The van der Waals surface area contributed by atoms with Crippen LogP contribution in [0.4, 0.5) is 5.88 Å². The van der Waals surface area contributed by atoms with Gasteiger partial charge in [-0.1, -0.05) is 35.9 Å². The van der Waals surface area contributed by atoms with Crippen LogP contribution in [0.5, 0.6) is 5.75 Å². The van der Waals surface area contributed by atoms with Gasteiger partial charge in [0, 0.05) is 37.8 Å². The molecule has 0 aliphatic carbocycles. The molecule has 1 amide bonds. The van der Waals surface area contributed by atoms with Gasteiger partial charge in [-0.15, -0.1) is 0 Å². The van der Waals surface area contributed by atoms with E-state index in [1.165, 1.54) is 5.56 Å². The minimum absolute atomic E-state index is 0.0386. The van der Waals surface area contributed by atoms with E-state index in [1.54, 1.807) is 30.2 Å². The highest BCUT2D eigenvalue weighted by atomic mass is 16.5. The summed E-state index contributed by atoms with van der Waals surface area (Å²) in [6, 6.07) is 17.4. The van der Waals surface area contributed by atoms with Gasteiger partial charge in [-0.3, -0.25) is 4.79 Å². The number of oxazole rings is 1. The Kier molecular flexibility index (Phi) is 6.22. The predicted octanol–water partition coefficient (Wildman–Crippen LogP) is 4.00. The molecule has 0 unspecified atom stereocenters. The van der Waals surface area contributed by atoms with Crippen LogP contribution in [-0.4, -0.2) is 49.1 Å². The average molecular weight is 428 g/mol. The van der Waals surface area contributed by atoms with Crippen LogP contribution in [-0.2, 0) is 0 Å². The van der Waals surface area contributed by atoms with Gasteiger partial charge in [0.2, 0.25) is 17.5 Å². The SMILES string of the molecule is COc1cccc(C(=O)N2CCN(c3oc(/C=C/c4ccc(C)cc4)nc3C#N)CC2)c1. The molecule has 2 aromatic carbocycles. The highest BCUT2D eigenvalue weighted by molar-refractivity contribution is 5.94. The Morgan fingerprint density at radius 2 is 1.88 bits per heavy atom. The average Bonchev–Trinajstić information content (AvgIpc) is 3.27. The number of anilines is 1. The number of aromatic nitrogens is 1. The minimum atomic E-state index is -0.0386. The van der Waals surface area contributed by atoms with Crippen LogP contribution in [0.3, 0.4) is 0 Å². The first kappa shape index (κ1) is 21.2. The van der Waals surface area contributed by atoms with Crippen LogP contribution in [0.2, 0.25) is 0 Å². The number of aryl methyl sites for hydroxylation is 1. The van der Waals surface area contributed by atoms with Crippen LogP contribution in [0.25, 0.3) is 12.2 Å². The lowest BCUT2D eigenvalue weighted by Crippen LogP contribution is -2.48. The van der Waals surface area contributed by atoms with Gasteiger partial charge in [0.25, 0.3) is 5.91 Å².